The average molecular weight is 230 g/mol. The van der Waals surface area contributed by atoms with E-state index in [1.165, 1.54) is 42.5 Å². The maximum absolute atomic E-state index is 6.60. The van der Waals surface area contributed by atoms with Gasteiger partial charge in [-0.05, 0) is 36.5 Å². The van der Waals surface area contributed by atoms with Crippen LogP contribution in [0.5, 0.6) is 0 Å². The molecule has 0 radical (unpaired) electrons. The molecular formula is C15H22N2. The standard InChI is InChI=1S/C15H22N2/c1-17-10-7-12-11-13(5-6-14(12)17)15(16)8-3-2-4-9-15/h5-6,11H,2-4,7-10,16H2,1H3. The van der Waals surface area contributed by atoms with Crippen LogP contribution in [-0.2, 0) is 12.0 Å². The predicted octanol–water partition coefficient (Wildman–Crippen LogP) is 2.80. The summed E-state index contributed by atoms with van der Waals surface area (Å²) in [5.74, 6) is 0. The van der Waals surface area contributed by atoms with Crippen molar-refractivity contribution in [3.63, 3.8) is 0 Å². The molecule has 2 nitrogen and oxygen atoms in total. The lowest BCUT2D eigenvalue weighted by Gasteiger charge is -2.34. The minimum atomic E-state index is -0.0472. The number of nitrogens with zero attached hydrogens (tertiary/aromatic N) is 1. The Labute approximate surface area is 104 Å². The first kappa shape index (κ1) is 11.1. The smallest absolute Gasteiger partial charge is 0.0409 e. The normalized spacial score (nSPS) is 22.6. The maximum Gasteiger partial charge on any atom is 0.0409 e. The number of anilines is 1. The summed E-state index contributed by atoms with van der Waals surface area (Å²) >= 11 is 0. The molecule has 1 aliphatic heterocycles. The van der Waals surface area contributed by atoms with E-state index in [9.17, 15) is 0 Å². The van der Waals surface area contributed by atoms with E-state index in [4.69, 9.17) is 5.73 Å². The zero-order valence-corrected chi connectivity index (χ0v) is 10.7. The van der Waals surface area contributed by atoms with E-state index >= 15 is 0 Å². The second kappa shape index (κ2) is 4.02. The third kappa shape index (κ3) is 1.85. The molecule has 0 amide bonds. The van der Waals surface area contributed by atoms with Crippen molar-refractivity contribution in [3.05, 3.63) is 29.3 Å². The quantitative estimate of drug-likeness (QED) is 0.804. The molecule has 1 aromatic rings. The van der Waals surface area contributed by atoms with Crippen molar-refractivity contribution in [1.29, 1.82) is 0 Å². The summed E-state index contributed by atoms with van der Waals surface area (Å²) in [5.41, 5.74) is 10.8. The van der Waals surface area contributed by atoms with E-state index in [2.05, 4.69) is 30.1 Å². The first-order valence-corrected chi connectivity index (χ1v) is 6.82. The molecule has 1 heterocycles. The fourth-order valence-corrected chi connectivity index (χ4v) is 3.35. The Kier molecular flexibility index (Phi) is 2.62. The van der Waals surface area contributed by atoms with Gasteiger partial charge in [0, 0.05) is 24.8 Å². The molecule has 0 bridgehead atoms. The van der Waals surface area contributed by atoms with Crippen LogP contribution in [0, 0.1) is 0 Å². The summed E-state index contributed by atoms with van der Waals surface area (Å²) in [6.07, 6.45) is 7.41. The molecule has 0 unspecified atom stereocenters. The molecule has 0 aromatic heterocycles. The fourth-order valence-electron chi connectivity index (χ4n) is 3.35. The van der Waals surface area contributed by atoms with Gasteiger partial charge in [-0.1, -0.05) is 31.4 Å². The molecule has 0 saturated heterocycles. The highest BCUT2D eigenvalue weighted by atomic mass is 15.1. The molecule has 92 valence electrons. The molecule has 0 spiro atoms. The molecule has 1 saturated carbocycles. The Morgan fingerprint density at radius 2 is 1.94 bits per heavy atom. The summed E-state index contributed by atoms with van der Waals surface area (Å²) in [5, 5.41) is 0. The van der Waals surface area contributed by atoms with Gasteiger partial charge in [0.25, 0.3) is 0 Å². The van der Waals surface area contributed by atoms with E-state index in [1.807, 2.05) is 0 Å². The number of hydrogen-bond donors (Lipinski definition) is 1. The molecule has 2 N–H and O–H groups in total. The predicted molar refractivity (Wildman–Crippen MR) is 72.4 cm³/mol. The molecule has 1 aromatic carbocycles. The third-order valence-electron chi connectivity index (χ3n) is 4.53. The van der Waals surface area contributed by atoms with Crippen molar-refractivity contribution in [2.45, 2.75) is 44.1 Å². The van der Waals surface area contributed by atoms with Crippen LogP contribution in [0.25, 0.3) is 0 Å². The highest BCUT2D eigenvalue weighted by Gasteiger charge is 2.30. The molecule has 1 aliphatic carbocycles. The van der Waals surface area contributed by atoms with Crippen LogP contribution < -0.4 is 10.6 Å². The molecule has 3 rings (SSSR count). The second-order valence-corrected chi connectivity index (χ2v) is 5.73. The van der Waals surface area contributed by atoms with Crippen molar-refractivity contribution in [2.75, 3.05) is 18.5 Å². The topological polar surface area (TPSA) is 29.3 Å². The number of fused-ring (bicyclic) bond motifs is 1. The molecule has 2 aliphatic rings. The van der Waals surface area contributed by atoms with Gasteiger partial charge in [0.15, 0.2) is 0 Å². The summed E-state index contributed by atoms with van der Waals surface area (Å²) in [4.78, 5) is 2.34. The monoisotopic (exact) mass is 230 g/mol. The third-order valence-corrected chi connectivity index (χ3v) is 4.53. The second-order valence-electron chi connectivity index (χ2n) is 5.73. The Morgan fingerprint density at radius 1 is 1.18 bits per heavy atom. The number of benzene rings is 1. The lowest BCUT2D eigenvalue weighted by Crippen LogP contribution is -2.38. The van der Waals surface area contributed by atoms with Gasteiger partial charge in [0.1, 0.15) is 0 Å². The lowest BCUT2D eigenvalue weighted by molar-refractivity contribution is 0.302. The van der Waals surface area contributed by atoms with Crippen LogP contribution in [0.3, 0.4) is 0 Å². The summed E-state index contributed by atoms with van der Waals surface area (Å²) in [7, 11) is 2.17. The fraction of sp³-hybridized carbons (Fsp3) is 0.600. The number of rotatable bonds is 1. The highest BCUT2D eigenvalue weighted by molar-refractivity contribution is 5.59. The van der Waals surface area contributed by atoms with Crippen molar-refractivity contribution in [1.82, 2.24) is 0 Å². The van der Waals surface area contributed by atoms with E-state index in [0.717, 1.165) is 19.4 Å². The Bertz CT molecular complexity index is 419. The number of likely N-dealkylation sites (N-methyl/N-ethyl adjacent to an activating group) is 1. The average Bonchev–Trinajstić information content (AvgIpc) is 2.72. The molecular weight excluding hydrogens is 208 g/mol. The van der Waals surface area contributed by atoms with E-state index in [-0.39, 0.29) is 5.54 Å². The Hall–Kier alpha value is -1.02. The largest absolute Gasteiger partial charge is 0.374 e. The van der Waals surface area contributed by atoms with Crippen molar-refractivity contribution in [2.24, 2.45) is 5.73 Å². The Balaban J connectivity index is 1.94. The number of nitrogens with two attached hydrogens (primary N) is 1. The van der Waals surface area contributed by atoms with Crippen molar-refractivity contribution < 1.29 is 0 Å². The van der Waals surface area contributed by atoms with Crippen molar-refractivity contribution >= 4 is 5.69 Å². The zero-order chi connectivity index (χ0) is 11.9. The van der Waals surface area contributed by atoms with Crippen LogP contribution in [0.2, 0.25) is 0 Å². The van der Waals surface area contributed by atoms with Gasteiger partial charge in [-0.3, -0.25) is 0 Å². The SMILES string of the molecule is CN1CCc2cc(C3(N)CCCCC3)ccc21. The molecule has 1 fully saturated rings. The van der Waals surface area contributed by atoms with Gasteiger partial charge >= 0.3 is 0 Å². The molecule has 17 heavy (non-hydrogen) atoms. The van der Waals surface area contributed by atoms with E-state index < -0.39 is 0 Å². The summed E-state index contributed by atoms with van der Waals surface area (Å²) < 4.78 is 0. The highest BCUT2D eigenvalue weighted by Crippen LogP contribution is 2.37. The van der Waals surface area contributed by atoms with Crippen LogP contribution in [0.1, 0.15) is 43.2 Å². The van der Waals surface area contributed by atoms with Gasteiger partial charge in [-0.25, -0.2) is 0 Å². The first-order chi connectivity index (χ1) is 8.19. The molecule has 2 heteroatoms. The summed E-state index contributed by atoms with van der Waals surface area (Å²) in [6, 6.07) is 6.89. The van der Waals surface area contributed by atoms with Crippen LogP contribution in [0.4, 0.5) is 5.69 Å². The van der Waals surface area contributed by atoms with Gasteiger partial charge in [-0.2, -0.15) is 0 Å². The zero-order valence-electron chi connectivity index (χ0n) is 10.7. The minimum absolute atomic E-state index is 0.0472. The van der Waals surface area contributed by atoms with Crippen LogP contribution in [-0.4, -0.2) is 13.6 Å². The first-order valence-electron chi connectivity index (χ1n) is 6.82. The van der Waals surface area contributed by atoms with Gasteiger partial charge in [-0.15, -0.1) is 0 Å². The van der Waals surface area contributed by atoms with E-state index in [0.29, 0.717) is 0 Å². The van der Waals surface area contributed by atoms with Crippen molar-refractivity contribution in [3.8, 4) is 0 Å². The van der Waals surface area contributed by atoms with Gasteiger partial charge < -0.3 is 10.6 Å². The molecule has 0 atom stereocenters. The van der Waals surface area contributed by atoms with Crippen LogP contribution >= 0.6 is 0 Å². The maximum atomic E-state index is 6.60. The minimum Gasteiger partial charge on any atom is -0.374 e. The van der Waals surface area contributed by atoms with Crippen LogP contribution in [0.15, 0.2) is 18.2 Å². The summed E-state index contributed by atoms with van der Waals surface area (Å²) in [6.45, 7) is 1.15. The Morgan fingerprint density at radius 3 is 2.71 bits per heavy atom. The van der Waals surface area contributed by atoms with Gasteiger partial charge in [0.05, 0.1) is 0 Å². The van der Waals surface area contributed by atoms with Gasteiger partial charge in [0.2, 0.25) is 0 Å². The lowest BCUT2D eigenvalue weighted by atomic mass is 9.77. The number of hydrogen-bond acceptors (Lipinski definition) is 2. The van der Waals surface area contributed by atoms with E-state index in [1.54, 1.807) is 0 Å².